The zero-order valence-electron chi connectivity index (χ0n) is 6.62. The van der Waals surface area contributed by atoms with Gasteiger partial charge in [-0.25, -0.2) is 4.98 Å². The van der Waals surface area contributed by atoms with E-state index in [0.717, 1.165) is 0 Å². The first-order valence-corrected chi connectivity index (χ1v) is 3.66. The molecule has 1 heterocycles. The van der Waals surface area contributed by atoms with Crippen LogP contribution in [0, 0.1) is 11.3 Å². The first-order chi connectivity index (χ1) is 5.84. The SMILES string of the molecule is N#CCCNc1ncccc1N. The van der Waals surface area contributed by atoms with Crippen LogP contribution < -0.4 is 11.1 Å². The third kappa shape index (κ3) is 2.13. The molecule has 1 aromatic heterocycles. The first-order valence-electron chi connectivity index (χ1n) is 3.66. The summed E-state index contributed by atoms with van der Waals surface area (Å²) in [5.41, 5.74) is 6.20. The van der Waals surface area contributed by atoms with Crippen LogP contribution in [0.2, 0.25) is 0 Å². The number of nitrogen functional groups attached to an aromatic ring is 1. The molecule has 3 N–H and O–H groups in total. The zero-order chi connectivity index (χ0) is 8.81. The van der Waals surface area contributed by atoms with Crippen molar-refractivity contribution >= 4 is 11.5 Å². The molecule has 0 bridgehead atoms. The molecule has 1 aromatic rings. The summed E-state index contributed by atoms with van der Waals surface area (Å²) in [6, 6.07) is 5.56. The minimum Gasteiger partial charge on any atom is -0.396 e. The topological polar surface area (TPSA) is 74.7 Å². The Kier molecular flexibility index (Phi) is 2.91. The van der Waals surface area contributed by atoms with Crippen LogP contribution in [0.1, 0.15) is 6.42 Å². The maximum absolute atomic E-state index is 8.27. The lowest BCUT2D eigenvalue weighted by molar-refractivity contribution is 1.06. The number of aromatic nitrogens is 1. The Hall–Kier alpha value is -1.76. The molecule has 0 aliphatic heterocycles. The molecule has 12 heavy (non-hydrogen) atoms. The molecule has 62 valence electrons. The van der Waals surface area contributed by atoms with Crippen molar-refractivity contribution in [3.05, 3.63) is 18.3 Å². The molecule has 0 unspecified atom stereocenters. The van der Waals surface area contributed by atoms with Gasteiger partial charge >= 0.3 is 0 Å². The molecule has 0 saturated carbocycles. The number of hydrogen-bond donors (Lipinski definition) is 2. The van der Waals surface area contributed by atoms with E-state index in [-0.39, 0.29) is 0 Å². The monoisotopic (exact) mass is 162 g/mol. The molecule has 0 radical (unpaired) electrons. The van der Waals surface area contributed by atoms with E-state index in [1.165, 1.54) is 0 Å². The van der Waals surface area contributed by atoms with Crippen molar-refractivity contribution in [2.24, 2.45) is 0 Å². The fraction of sp³-hybridized carbons (Fsp3) is 0.250. The predicted molar refractivity (Wildman–Crippen MR) is 47.4 cm³/mol. The second kappa shape index (κ2) is 4.19. The molecule has 0 fully saturated rings. The summed E-state index contributed by atoms with van der Waals surface area (Å²) in [5.74, 6) is 0.646. The lowest BCUT2D eigenvalue weighted by Gasteiger charge is -2.04. The van der Waals surface area contributed by atoms with E-state index in [2.05, 4.69) is 10.3 Å². The molecule has 0 atom stereocenters. The quantitative estimate of drug-likeness (QED) is 0.650. The normalized spacial score (nSPS) is 8.92. The Morgan fingerprint density at radius 2 is 2.50 bits per heavy atom. The van der Waals surface area contributed by atoms with Gasteiger partial charge in [0.1, 0.15) is 5.82 Å². The fourth-order valence-electron chi connectivity index (χ4n) is 0.802. The van der Waals surface area contributed by atoms with Crippen molar-refractivity contribution in [2.75, 3.05) is 17.6 Å². The van der Waals surface area contributed by atoms with E-state index < -0.39 is 0 Å². The van der Waals surface area contributed by atoms with E-state index in [0.29, 0.717) is 24.5 Å². The summed E-state index contributed by atoms with van der Waals surface area (Å²) in [7, 11) is 0. The number of anilines is 2. The minimum absolute atomic E-state index is 0.454. The minimum atomic E-state index is 0.454. The van der Waals surface area contributed by atoms with Crippen molar-refractivity contribution < 1.29 is 0 Å². The molecule has 1 rings (SSSR count). The highest BCUT2D eigenvalue weighted by atomic mass is 15.0. The average molecular weight is 162 g/mol. The number of nitrogens with zero attached hydrogens (tertiary/aromatic N) is 2. The van der Waals surface area contributed by atoms with Gasteiger partial charge in [-0.1, -0.05) is 0 Å². The van der Waals surface area contributed by atoms with Gasteiger partial charge in [0.05, 0.1) is 18.2 Å². The lowest BCUT2D eigenvalue weighted by atomic mass is 10.4. The standard InChI is InChI=1S/C8H10N4/c9-4-2-6-12-8-7(10)3-1-5-11-8/h1,3,5H,2,6,10H2,(H,11,12). The van der Waals surface area contributed by atoms with E-state index in [1.807, 2.05) is 6.07 Å². The van der Waals surface area contributed by atoms with Crippen LogP contribution in [0.4, 0.5) is 11.5 Å². The Morgan fingerprint density at radius 1 is 1.67 bits per heavy atom. The Labute approximate surface area is 71.0 Å². The van der Waals surface area contributed by atoms with E-state index >= 15 is 0 Å². The van der Waals surface area contributed by atoms with Crippen molar-refractivity contribution in [1.82, 2.24) is 4.98 Å². The molecular formula is C8H10N4. The van der Waals surface area contributed by atoms with Crippen molar-refractivity contribution in [3.8, 4) is 6.07 Å². The molecule has 0 aliphatic carbocycles. The number of nitriles is 1. The molecule has 0 aromatic carbocycles. The largest absolute Gasteiger partial charge is 0.396 e. The zero-order valence-corrected chi connectivity index (χ0v) is 6.62. The van der Waals surface area contributed by atoms with Gasteiger partial charge in [0.15, 0.2) is 0 Å². The van der Waals surface area contributed by atoms with Crippen LogP contribution in [-0.2, 0) is 0 Å². The molecule has 0 saturated heterocycles. The maximum atomic E-state index is 8.27. The number of rotatable bonds is 3. The fourth-order valence-corrected chi connectivity index (χ4v) is 0.802. The number of hydrogen-bond acceptors (Lipinski definition) is 4. The number of pyridine rings is 1. The van der Waals surface area contributed by atoms with Crippen LogP contribution in [0.15, 0.2) is 18.3 Å². The Bertz CT molecular complexity index is 289. The molecule has 4 nitrogen and oxygen atoms in total. The van der Waals surface area contributed by atoms with E-state index in [1.54, 1.807) is 18.3 Å². The average Bonchev–Trinajstić information content (AvgIpc) is 2.09. The molecule has 0 aliphatic rings. The van der Waals surface area contributed by atoms with E-state index in [4.69, 9.17) is 11.0 Å². The second-order valence-corrected chi connectivity index (χ2v) is 2.28. The summed E-state index contributed by atoms with van der Waals surface area (Å²) in [4.78, 5) is 4.00. The highest BCUT2D eigenvalue weighted by molar-refractivity contribution is 5.60. The molecule has 4 heteroatoms. The Morgan fingerprint density at radius 3 is 3.17 bits per heavy atom. The highest BCUT2D eigenvalue weighted by Crippen LogP contribution is 2.12. The smallest absolute Gasteiger partial charge is 0.149 e. The second-order valence-electron chi connectivity index (χ2n) is 2.28. The van der Waals surface area contributed by atoms with Crippen LogP contribution in [0.3, 0.4) is 0 Å². The van der Waals surface area contributed by atoms with Crippen molar-refractivity contribution in [1.29, 1.82) is 5.26 Å². The van der Waals surface area contributed by atoms with Gasteiger partial charge in [-0.2, -0.15) is 5.26 Å². The van der Waals surface area contributed by atoms with Gasteiger partial charge in [0.2, 0.25) is 0 Å². The first kappa shape index (κ1) is 8.34. The van der Waals surface area contributed by atoms with Gasteiger partial charge in [0, 0.05) is 12.7 Å². The van der Waals surface area contributed by atoms with Gasteiger partial charge in [0.25, 0.3) is 0 Å². The van der Waals surface area contributed by atoms with Crippen LogP contribution in [0.5, 0.6) is 0 Å². The van der Waals surface area contributed by atoms with E-state index in [9.17, 15) is 0 Å². The summed E-state index contributed by atoms with van der Waals surface area (Å²) >= 11 is 0. The molecular weight excluding hydrogens is 152 g/mol. The van der Waals surface area contributed by atoms with Gasteiger partial charge < -0.3 is 11.1 Å². The summed E-state index contributed by atoms with van der Waals surface area (Å²) in [6.45, 7) is 0.581. The summed E-state index contributed by atoms with van der Waals surface area (Å²) in [5, 5.41) is 11.2. The van der Waals surface area contributed by atoms with Crippen LogP contribution in [-0.4, -0.2) is 11.5 Å². The predicted octanol–water partition coefficient (Wildman–Crippen LogP) is 0.989. The van der Waals surface area contributed by atoms with Gasteiger partial charge in [-0.15, -0.1) is 0 Å². The maximum Gasteiger partial charge on any atom is 0.149 e. The summed E-state index contributed by atoms with van der Waals surface area (Å²) in [6.07, 6.45) is 2.11. The highest BCUT2D eigenvalue weighted by Gasteiger charge is 1.95. The third-order valence-electron chi connectivity index (χ3n) is 1.37. The lowest BCUT2D eigenvalue weighted by Crippen LogP contribution is -2.04. The number of nitrogens with one attached hydrogen (secondary N) is 1. The number of nitrogens with two attached hydrogens (primary N) is 1. The summed E-state index contributed by atoms with van der Waals surface area (Å²) < 4.78 is 0. The molecule has 0 spiro atoms. The van der Waals surface area contributed by atoms with Crippen molar-refractivity contribution in [3.63, 3.8) is 0 Å². The third-order valence-corrected chi connectivity index (χ3v) is 1.37. The Balaban J connectivity index is 2.53. The van der Waals surface area contributed by atoms with Gasteiger partial charge in [-0.05, 0) is 12.1 Å². The van der Waals surface area contributed by atoms with Gasteiger partial charge in [-0.3, -0.25) is 0 Å². The van der Waals surface area contributed by atoms with Crippen LogP contribution in [0.25, 0.3) is 0 Å². The molecule has 0 amide bonds. The van der Waals surface area contributed by atoms with Crippen molar-refractivity contribution in [2.45, 2.75) is 6.42 Å². The van der Waals surface area contributed by atoms with Crippen LogP contribution >= 0.6 is 0 Å².